The SMILES string of the molecule is Cc1cccc(C)c1OCC1CCCCO1. The summed E-state index contributed by atoms with van der Waals surface area (Å²) in [6.07, 6.45) is 3.87. The molecule has 0 spiro atoms. The van der Waals surface area contributed by atoms with E-state index in [1.807, 2.05) is 0 Å². The third kappa shape index (κ3) is 2.76. The number of para-hydroxylation sites is 1. The first-order chi connectivity index (χ1) is 7.77. The maximum atomic E-state index is 5.88. The molecular weight excluding hydrogens is 200 g/mol. The van der Waals surface area contributed by atoms with Crippen LogP contribution in [0.5, 0.6) is 5.75 Å². The molecule has 2 heteroatoms. The lowest BCUT2D eigenvalue weighted by Gasteiger charge is -2.23. The average Bonchev–Trinajstić information content (AvgIpc) is 2.30. The van der Waals surface area contributed by atoms with Crippen molar-refractivity contribution in [2.45, 2.75) is 39.2 Å². The van der Waals surface area contributed by atoms with Crippen LogP contribution in [0.25, 0.3) is 0 Å². The van der Waals surface area contributed by atoms with Crippen molar-refractivity contribution in [3.8, 4) is 5.75 Å². The predicted octanol–water partition coefficient (Wildman–Crippen LogP) is 3.25. The van der Waals surface area contributed by atoms with Crippen LogP contribution in [-0.2, 0) is 4.74 Å². The van der Waals surface area contributed by atoms with Crippen molar-refractivity contribution in [1.82, 2.24) is 0 Å². The Labute approximate surface area is 97.6 Å². The van der Waals surface area contributed by atoms with Gasteiger partial charge in [0.2, 0.25) is 0 Å². The predicted molar refractivity (Wildman–Crippen MR) is 65.0 cm³/mol. The first-order valence-corrected chi connectivity index (χ1v) is 6.08. The topological polar surface area (TPSA) is 18.5 Å². The summed E-state index contributed by atoms with van der Waals surface area (Å²) >= 11 is 0. The highest BCUT2D eigenvalue weighted by molar-refractivity contribution is 5.39. The third-order valence-electron chi connectivity index (χ3n) is 3.10. The molecule has 0 bridgehead atoms. The number of hydrogen-bond acceptors (Lipinski definition) is 2. The molecule has 0 radical (unpaired) electrons. The highest BCUT2D eigenvalue weighted by atomic mass is 16.5. The van der Waals surface area contributed by atoms with Gasteiger partial charge in [0.1, 0.15) is 12.4 Å². The average molecular weight is 220 g/mol. The van der Waals surface area contributed by atoms with Gasteiger partial charge in [0.25, 0.3) is 0 Å². The number of ether oxygens (including phenoxy) is 2. The van der Waals surface area contributed by atoms with Crippen LogP contribution < -0.4 is 4.74 Å². The van der Waals surface area contributed by atoms with Crippen LogP contribution in [-0.4, -0.2) is 19.3 Å². The van der Waals surface area contributed by atoms with Crippen molar-refractivity contribution in [2.75, 3.05) is 13.2 Å². The quantitative estimate of drug-likeness (QED) is 0.778. The zero-order valence-electron chi connectivity index (χ0n) is 10.2. The Morgan fingerprint density at radius 1 is 1.25 bits per heavy atom. The summed E-state index contributed by atoms with van der Waals surface area (Å²) < 4.78 is 11.5. The van der Waals surface area contributed by atoms with Gasteiger partial charge in [0, 0.05) is 6.61 Å². The lowest BCUT2D eigenvalue weighted by Crippen LogP contribution is -2.26. The normalized spacial score (nSPS) is 20.8. The van der Waals surface area contributed by atoms with Gasteiger partial charge >= 0.3 is 0 Å². The summed E-state index contributed by atoms with van der Waals surface area (Å²) in [7, 11) is 0. The Balaban J connectivity index is 1.93. The van der Waals surface area contributed by atoms with Gasteiger partial charge in [-0.1, -0.05) is 18.2 Å². The van der Waals surface area contributed by atoms with E-state index < -0.39 is 0 Å². The molecule has 0 aliphatic carbocycles. The molecule has 0 N–H and O–H groups in total. The molecule has 88 valence electrons. The van der Waals surface area contributed by atoms with Crippen LogP contribution in [0.15, 0.2) is 18.2 Å². The van der Waals surface area contributed by atoms with Gasteiger partial charge in [-0.15, -0.1) is 0 Å². The summed E-state index contributed by atoms with van der Waals surface area (Å²) in [5.41, 5.74) is 2.41. The summed E-state index contributed by atoms with van der Waals surface area (Å²) in [5, 5.41) is 0. The molecule has 1 fully saturated rings. The molecule has 1 aliphatic heterocycles. The van der Waals surface area contributed by atoms with E-state index in [1.165, 1.54) is 24.0 Å². The van der Waals surface area contributed by atoms with Gasteiger partial charge in [-0.25, -0.2) is 0 Å². The van der Waals surface area contributed by atoms with Gasteiger partial charge in [0.05, 0.1) is 6.10 Å². The Kier molecular flexibility index (Phi) is 3.83. The maximum absolute atomic E-state index is 5.88. The minimum atomic E-state index is 0.285. The molecule has 2 nitrogen and oxygen atoms in total. The van der Waals surface area contributed by atoms with E-state index >= 15 is 0 Å². The molecule has 0 amide bonds. The van der Waals surface area contributed by atoms with Crippen LogP contribution in [0.2, 0.25) is 0 Å². The summed E-state index contributed by atoms with van der Waals surface area (Å²) in [5.74, 6) is 1.02. The van der Waals surface area contributed by atoms with E-state index in [4.69, 9.17) is 9.47 Å². The molecule has 0 saturated carbocycles. The smallest absolute Gasteiger partial charge is 0.125 e. The fraction of sp³-hybridized carbons (Fsp3) is 0.571. The fourth-order valence-corrected chi connectivity index (χ4v) is 2.14. The molecule has 1 unspecified atom stereocenters. The summed E-state index contributed by atoms with van der Waals surface area (Å²) in [6, 6.07) is 6.24. The summed E-state index contributed by atoms with van der Waals surface area (Å²) in [4.78, 5) is 0. The van der Waals surface area contributed by atoms with Crippen molar-refractivity contribution >= 4 is 0 Å². The Hall–Kier alpha value is -1.02. The first kappa shape index (κ1) is 11.5. The number of rotatable bonds is 3. The second-order valence-electron chi connectivity index (χ2n) is 4.52. The Bertz CT molecular complexity index is 320. The van der Waals surface area contributed by atoms with Gasteiger partial charge in [-0.2, -0.15) is 0 Å². The molecule has 1 aromatic rings. The lowest BCUT2D eigenvalue weighted by atomic mass is 10.1. The lowest BCUT2D eigenvalue weighted by molar-refractivity contribution is -0.0113. The summed E-state index contributed by atoms with van der Waals surface area (Å²) in [6.45, 7) is 5.75. The van der Waals surface area contributed by atoms with E-state index in [1.54, 1.807) is 0 Å². The second-order valence-corrected chi connectivity index (χ2v) is 4.52. The first-order valence-electron chi connectivity index (χ1n) is 6.08. The van der Waals surface area contributed by atoms with Gasteiger partial charge < -0.3 is 9.47 Å². The van der Waals surface area contributed by atoms with Crippen molar-refractivity contribution in [2.24, 2.45) is 0 Å². The highest BCUT2D eigenvalue weighted by Gasteiger charge is 2.15. The van der Waals surface area contributed by atoms with Crippen LogP contribution in [0, 0.1) is 13.8 Å². The van der Waals surface area contributed by atoms with E-state index in [9.17, 15) is 0 Å². The number of hydrogen-bond donors (Lipinski definition) is 0. The van der Waals surface area contributed by atoms with Crippen molar-refractivity contribution < 1.29 is 9.47 Å². The zero-order valence-corrected chi connectivity index (χ0v) is 10.2. The van der Waals surface area contributed by atoms with Crippen LogP contribution >= 0.6 is 0 Å². The van der Waals surface area contributed by atoms with E-state index in [-0.39, 0.29) is 6.10 Å². The maximum Gasteiger partial charge on any atom is 0.125 e. The largest absolute Gasteiger partial charge is 0.490 e. The zero-order chi connectivity index (χ0) is 11.4. The van der Waals surface area contributed by atoms with Crippen LogP contribution in [0.3, 0.4) is 0 Å². The standard InChI is InChI=1S/C14H20O2/c1-11-6-5-7-12(2)14(11)16-10-13-8-3-4-9-15-13/h5-7,13H,3-4,8-10H2,1-2H3. The van der Waals surface area contributed by atoms with Crippen LogP contribution in [0.1, 0.15) is 30.4 Å². The van der Waals surface area contributed by atoms with Gasteiger partial charge in [-0.05, 0) is 44.2 Å². The molecular formula is C14H20O2. The molecule has 0 aromatic heterocycles. The van der Waals surface area contributed by atoms with Gasteiger partial charge in [-0.3, -0.25) is 0 Å². The number of benzene rings is 1. The van der Waals surface area contributed by atoms with Crippen molar-refractivity contribution in [3.05, 3.63) is 29.3 Å². The Morgan fingerprint density at radius 2 is 2.00 bits per heavy atom. The minimum absolute atomic E-state index is 0.285. The van der Waals surface area contributed by atoms with Crippen molar-refractivity contribution in [3.63, 3.8) is 0 Å². The minimum Gasteiger partial charge on any atom is -0.490 e. The molecule has 1 atom stereocenters. The Morgan fingerprint density at radius 3 is 2.62 bits per heavy atom. The number of aryl methyl sites for hydroxylation is 2. The van der Waals surface area contributed by atoms with Gasteiger partial charge in [0.15, 0.2) is 0 Å². The molecule has 1 heterocycles. The molecule has 1 aromatic carbocycles. The third-order valence-corrected chi connectivity index (χ3v) is 3.10. The molecule has 16 heavy (non-hydrogen) atoms. The second kappa shape index (κ2) is 5.35. The van der Waals surface area contributed by atoms with E-state index in [2.05, 4.69) is 32.0 Å². The fourth-order valence-electron chi connectivity index (χ4n) is 2.14. The van der Waals surface area contributed by atoms with Crippen LogP contribution in [0.4, 0.5) is 0 Å². The molecule has 2 rings (SSSR count). The molecule has 1 saturated heterocycles. The van der Waals surface area contributed by atoms with E-state index in [0.717, 1.165) is 18.8 Å². The highest BCUT2D eigenvalue weighted by Crippen LogP contribution is 2.23. The monoisotopic (exact) mass is 220 g/mol. The van der Waals surface area contributed by atoms with E-state index in [0.29, 0.717) is 6.61 Å². The van der Waals surface area contributed by atoms with Crippen molar-refractivity contribution in [1.29, 1.82) is 0 Å². The molecule has 1 aliphatic rings.